The van der Waals surface area contributed by atoms with E-state index in [-0.39, 0.29) is 24.0 Å². The number of carbonyl (C=O) groups is 1. The van der Waals surface area contributed by atoms with Gasteiger partial charge in [0.1, 0.15) is 25.1 Å². The average molecular weight is 439 g/mol. The van der Waals surface area contributed by atoms with Gasteiger partial charge in [-0.1, -0.05) is 24.3 Å². The van der Waals surface area contributed by atoms with Crippen LogP contribution in [0.5, 0.6) is 17.2 Å². The molecule has 2 atom stereocenters. The molecule has 0 saturated carbocycles. The van der Waals surface area contributed by atoms with E-state index in [1.54, 1.807) is 12.1 Å². The third-order valence-corrected chi connectivity index (χ3v) is 6.77. The minimum atomic E-state index is -0.241. The Kier molecular flexibility index (Phi) is 6.08. The number of para-hydroxylation sites is 2. The first-order chi connectivity index (χ1) is 15.7. The van der Waals surface area contributed by atoms with Gasteiger partial charge in [0.05, 0.1) is 6.04 Å². The topological polar surface area (TPSA) is 71.5 Å². The molecule has 2 fully saturated rings. The second kappa shape index (κ2) is 9.28. The summed E-state index contributed by atoms with van der Waals surface area (Å²) < 4.78 is 17.3. The van der Waals surface area contributed by atoms with Crippen LogP contribution in [0.15, 0.2) is 48.5 Å². The number of aromatic hydroxyl groups is 1. The second-order valence-corrected chi connectivity index (χ2v) is 8.91. The number of rotatable bonds is 6. The van der Waals surface area contributed by atoms with E-state index in [4.69, 9.17) is 14.2 Å². The highest BCUT2D eigenvalue weighted by Crippen LogP contribution is 2.32. The van der Waals surface area contributed by atoms with Crippen molar-refractivity contribution in [1.82, 2.24) is 9.80 Å². The van der Waals surface area contributed by atoms with Crippen molar-refractivity contribution in [3.8, 4) is 17.2 Å². The van der Waals surface area contributed by atoms with E-state index in [2.05, 4.69) is 4.90 Å². The fourth-order valence-corrected chi connectivity index (χ4v) is 4.89. The summed E-state index contributed by atoms with van der Waals surface area (Å²) in [6.45, 7) is 4.62. The quantitative estimate of drug-likeness (QED) is 0.739. The Morgan fingerprint density at radius 3 is 2.47 bits per heavy atom. The number of likely N-dealkylation sites (tertiary alicyclic amines) is 1. The molecular formula is C25H30N2O5. The van der Waals surface area contributed by atoms with Crippen LogP contribution in [0.4, 0.5) is 4.79 Å². The molecule has 5 rings (SSSR count). The van der Waals surface area contributed by atoms with E-state index in [1.807, 2.05) is 41.3 Å². The number of benzene rings is 2. The van der Waals surface area contributed by atoms with Crippen LogP contribution in [0.3, 0.4) is 0 Å². The van der Waals surface area contributed by atoms with Gasteiger partial charge in [-0.05, 0) is 68.1 Å². The Labute approximate surface area is 188 Å². The van der Waals surface area contributed by atoms with Gasteiger partial charge in [-0.3, -0.25) is 9.80 Å². The molecule has 2 aromatic rings. The monoisotopic (exact) mass is 438 g/mol. The maximum absolute atomic E-state index is 12.3. The largest absolute Gasteiger partial charge is 0.508 e. The summed E-state index contributed by atoms with van der Waals surface area (Å²) in [5, 5.41) is 9.53. The molecule has 1 amide bonds. The van der Waals surface area contributed by atoms with Crippen molar-refractivity contribution < 1.29 is 24.1 Å². The first-order valence-corrected chi connectivity index (χ1v) is 11.5. The Morgan fingerprint density at radius 1 is 0.938 bits per heavy atom. The third kappa shape index (κ3) is 4.63. The third-order valence-electron chi connectivity index (χ3n) is 6.77. The first kappa shape index (κ1) is 20.9. The maximum atomic E-state index is 12.3. The van der Waals surface area contributed by atoms with Crippen LogP contribution in [-0.2, 0) is 4.74 Å². The van der Waals surface area contributed by atoms with Crippen LogP contribution in [0, 0.1) is 5.92 Å². The molecule has 170 valence electrons. The van der Waals surface area contributed by atoms with Gasteiger partial charge in [-0.2, -0.15) is 0 Å². The highest BCUT2D eigenvalue weighted by atomic mass is 16.6. The minimum absolute atomic E-state index is 0.0619. The molecular weight excluding hydrogens is 408 g/mol. The van der Waals surface area contributed by atoms with Crippen molar-refractivity contribution in [3.63, 3.8) is 0 Å². The Hall–Kier alpha value is -2.93. The van der Waals surface area contributed by atoms with E-state index >= 15 is 0 Å². The Bertz CT molecular complexity index is 926. The van der Waals surface area contributed by atoms with Crippen LogP contribution >= 0.6 is 0 Å². The summed E-state index contributed by atoms with van der Waals surface area (Å²) in [5.41, 5.74) is 1.000. The molecule has 0 bridgehead atoms. The summed E-state index contributed by atoms with van der Waals surface area (Å²) >= 11 is 0. The van der Waals surface area contributed by atoms with Gasteiger partial charge >= 0.3 is 6.09 Å². The van der Waals surface area contributed by atoms with Gasteiger partial charge in [0.2, 0.25) is 0 Å². The lowest BCUT2D eigenvalue weighted by Gasteiger charge is -2.36. The molecule has 0 aliphatic carbocycles. The summed E-state index contributed by atoms with van der Waals surface area (Å²) in [5.74, 6) is 2.49. The van der Waals surface area contributed by atoms with Crippen LogP contribution < -0.4 is 9.47 Å². The van der Waals surface area contributed by atoms with Gasteiger partial charge in [-0.15, -0.1) is 0 Å². The molecule has 2 unspecified atom stereocenters. The van der Waals surface area contributed by atoms with E-state index in [9.17, 15) is 9.90 Å². The van der Waals surface area contributed by atoms with Crippen LogP contribution in [0.1, 0.15) is 30.9 Å². The number of cyclic esters (lactones) is 1. The molecule has 7 nitrogen and oxygen atoms in total. The number of ether oxygens (including phenoxy) is 3. The smallest absolute Gasteiger partial charge is 0.410 e. The van der Waals surface area contributed by atoms with E-state index in [0.29, 0.717) is 25.7 Å². The lowest BCUT2D eigenvalue weighted by Crippen LogP contribution is -2.44. The van der Waals surface area contributed by atoms with Gasteiger partial charge in [0.15, 0.2) is 11.5 Å². The molecule has 2 aromatic carbocycles. The van der Waals surface area contributed by atoms with Gasteiger partial charge in [0.25, 0.3) is 0 Å². The molecule has 0 radical (unpaired) electrons. The molecule has 3 aliphatic rings. The van der Waals surface area contributed by atoms with Crippen molar-refractivity contribution in [1.29, 1.82) is 0 Å². The number of hydrogen-bond donors (Lipinski definition) is 1. The summed E-state index contributed by atoms with van der Waals surface area (Å²) in [6.07, 6.45) is 3.05. The number of nitrogens with zero attached hydrogens (tertiary/aromatic N) is 2. The standard InChI is InChI=1S/C25H30N2O5/c28-20-7-5-19(6-8-20)22-17-31-25(29)27(22)14-11-18-9-12-26(13-10-18)15-21-16-30-23-3-1-2-4-24(23)32-21/h1-8,18,21-22,28H,9-17H2. The second-order valence-electron chi connectivity index (χ2n) is 8.91. The van der Waals surface area contributed by atoms with Crippen molar-refractivity contribution in [3.05, 3.63) is 54.1 Å². The van der Waals surface area contributed by atoms with Gasteiger partial charge in [0, 0.05) is 13.1 Å². The molecule has 3 heterocycles. The normalized spacial score (nSPS) is 23.9. The van der Waals surface area contributed by atoms with Crippen LogP contribution in [0.2, 0.25) is 0 Å². The number of amides is 1. The molecule has 7 heteroatoms. The van der Waals surface area contributed by atoms with Crippen molar-refractivity contribution >= 4 is 6.09 Å². The lowest BCUT2D eigenvalue weighted by atomic mass is 9.93. The lowest BCUT2D eigenvalue weighted by molar-refractivity contribution is 0.0466. The number of carbonyl (C=O) groups excluding carboxylic acids is 1. The highest BCUT2D eigenvalue weighted by molar-refractivity contribution is 5.70. The van der Waals surface area contributed by atoms with Crippen molar-refractivity contribution in [2.75, 3.05) is 39.4 Å². The van der Waals surface area contributed by atoms with E-state index in [1.165, 1.54) is 0 Å². The van der Waals surface area contributed by atoms with Crippen LogP contribution in [-0.4, -0.2) is 66.5 Å². The molecule has 2 saturated heterocycles. The van der Waals surface area contributed by atoms with Crippen molar-refractivity contribution in [2.45, 2.75) is 31.4 Å². The number of hydrogen-bond acceptors (Lipinski definition) is 6. The Morgan fingerprint density at radius 2 is 1.69 bits per heavy atom. The Balaban J connectivity index is 1.08. The number of piperidine rings is 1. The highest BCUT2D eigenvalue weighted by Gasteiger charge is 2.34. The number of phenols is 1. The molecule has 1 N–H and O–H groups in total. The summed E-state index contributed by atoms with van der Waals surface area (Å²) in [6, 6.07) is 14.8. The number of phenolic OH excluding ortho intramolecular Hbond substituents is 1. The fraction of sp³-hybridized carbons (Fsp3) is 0.480. The molecule has 0 spiro atoms. The first-order valence-electron chi connectivity index (χ1n) is 11.5. The molecule has 3 aliphatic heterocycles. The maximum Gasteiger partial charge on any atom is 0.410 e. The summed E-state index contributed by atoms with van der Waals surface area (Å²) in [7, 11) is 0. The fourth-order valence-electron chi connectivity index (χ4n) is 4.89. The van der Waals surface area contributed by atoms with Gasteiger partial charge in [-0.25, -0.2) is 4.79 Å². The van der Waals surface area contributed by atoms with Gasteiger partial charge < -0.3 is 19.3 Å². The molecule has 0 aromatic heterocycles. The van der Waals surface area contributed by atoms with E-state index < -0.39 is 0 Å². The molecule has 32 heavy (non-hydrogen) atoms. The summed E-state index contributed by atoms with van der Waals surface area (Å²) in [4.78, 5) is 16.6. The van der Waals surface area contributed by atoms with Crippen LogP contribution in [0.25, 0.3) is 0 Å². The van der Waals surface area contributed by atoms with Crippen molar-refractivity contribution in [2.24, 2.45) is 5.92 Å². The zero-order chi connectivity index (χ0) is 21.9. The number of fused-ring (bicyclic) bond motifs is 1. The average Bonchev–Trinajstić information content (AvgIpc) is 3.19. The minimum Gasteiger partial charge on any atom is -0.508 e. The SMILES string of the molecule is O=C1OCC(c2ccc(O)cc2)N1CCC1CCN(CC2COc3ccccc3O2)CC1. The predicted octanol–water partition coefficient (Wildman–Crippen LogP) is 3.83. The predicted molar refractivity (Wildman–Crippen MR) is 119 cm³/mol. The van der Waals surface area contributed by atoms with E-state index in [0.717, 1.165) is 56.0 Å². The zero-order valence-electron chi connectivity index (χ0n) is 18.2. The zero-order valence-corrected chi connectivity index (χ0v) is 18.2.